The van der Waals surface area contributed by atoms with E-state index >= 15 is 0 Å². The highest BCUT2D eigenvalue weighted by Crippen LogP contribution is 2.25. The van der Waals surface area contributed by atoms with Crippen molar-refractivity contribution >= 4 is 33.8 Å². The van der Waals surface area contributed by atoms with E-state index in [1.54, 1.807) is 11.3 Å². The number of thiazole rings is 1. The van der Waals surface area contributed by atoms with E-state index in [9.17, 15) is 4.79 Å². The van der Waals surface area contributed by atoms with E-state index in [4.69, 9.17) is 0 Å². The zero-order chi connectivity index (χ0) is 18.1. The van der Waals surface area contributed by atoms with Gasteiger partial charge >= 0.3 is 0 Å². The molecule has 1 N–H and O–H groups in total. The standard InChI is InChI=1S/C21H17N3OS/c1-13-10-18(17-8-3-4-9-19(17)22-13)21(25)24-16-7-5-6-15(11-16)20-12-26-14(2)23-20/h3-12H,1-2H3,(H,24,25). The van der Waals surface area contributed by atoms with Gasteiger partial charge in [0.2, 0.25) is 0 Å². The first-order valence-corrected chi connectivity index (χ1v) is 9.18. The van der Waals surface area contributed by atoms with E-state index < -0.39 is 0 Å². The number of nitrogens with one attached hydrogen (secondary N) is 1. The van der Waals surface area contributed by atoms with Gasteiger partial charge in [-0.15, -0.1) is 11.3 Å². The first kappa shape index (κ1) is 16.4. The molecule has 2 aromatic heterocycles. The number of para-hydroxylation sites is 1. The van der Waals surface area contributed by atoms with Crippen LogP contribution in [-0.2, 0) is 0 Å². The Morgan fingerprint density at radius 1 is 1.00 bits per heavy atom. The third-order valence-electron chi connectivity index (χ3n) is 4.12. The lowest BCUT2D eigenvalue weighted by atomic mass is 10.1. The molecule has 0 spiro atoms. The van der Waals surface area contributed by atoms with Crippen LogP contribution in [0.2, 0.25) is 0 Å². The van der Waals surface area contributed by atoms with Crippen molar-refractivity contribution < 1.29 is 4.79 Å². The number of pyridine rings is 1. The molecule has 0 bridgehead atoms. The molecule has 0 saturated carbocycles. The second kappa shape index (κ2) is 6.69. The number of benzene rings is 2. The van der Waals surface area contributed by atoms with Crippen LogP contribution in [0.4, 0.5) is 5.69 Å². The van der Waals surface area contributed by atoms with Gasteiger partial charge in [-0.25, -0.2) is 4.98 Å². The number of hydrogen-bond acceptors (Lipinski definition) is 4. The van der Waals surface area contributed by atoms with Gasteiger partial charge in [0.15, 0.2) is 0 Å². The Labute approximate surface area is 155 Å². The highest BCUT2D eigenvalue weighted by Gasteiger charge is 2.13. The van der Waals surface area contributed by atoms with Crippen molar-refractivity contribution in [3.63, 3.8) is 0 Å². The minimum atomic E-state index is -0.140. The number of aromatic nitrogens is 2. The number of carbonyl (C=O) groups is 1. The van der Waals surface area contributed by atoms with Crippen molar-refractivity contribution in [3.8, 4) is 11.3 Å². The van der Waals surface area contributed by atoms with Gasteiger partial charge in [-0.2, -0.15) is 0 Å². The van der Waals surface area contributed by atoms with Crippen LogP contribution in [0, 0.1) is 13.8 Å². The highest BCUT2D eigenvalue weighted by molar-refractivity contribution is 7.09. The molecule has 4 aromatic rings. The number of amides is 1. The summed E-state index contributed by atoms with van der Waals surface area (Å²) < 4.78 is 0. The first-order chi connectivity index (χ1) is 12.6. The zero-order valence-corrected chi connectivity index (χ0v) is 15.3. The van der Waals surface area contributed by atoms with E-state index in [0.29, 0.717) is 5.56 Å². The predicted octanol–water partition coefficient (Wildman–Crippen LogP) is 5.23. The summed E-state index contributed by atoms with van der Waals surface area (Å²) in [4.78, 5) is 21.9. The molecule has 5 heteroatoms. The number of fused-ring (bicyclic) bond motifs is 1. The molecule has 4 nitrogen and oxygen atoms in total. The topological polar surface area (TPSA) is 54.9 Å². The van der Waals surface area contributed by atoms with E-state index in [1.165, 1.54) is 0 Å². The predicted molar refractivity (Wildman–Crippen MR) is 107 cm³/mol. The van der Waals surface area contributed by atoms with E-state index in [-0.39, 0.29) is 5.91 Å². The minimum Gasteiger partial charge on any atom is -0.322 e. The van der Waals surface area contributed by atoms with Crippen LogP contribution in [0.5, 0.6) is 0 Å². The van der Waals surface area contributed by atoms with Crippen LogP contribution >= 0.6 is 11.3 Å². The van der Waals surface area contributed by atoms with Crippen LogP contribution in [0.1, 0.15) is 21.1 Å². The minimum absolute atomic E-state index is 0.140. The van der Waals surface area contributed by atoms with Gasteiger partial charge in [0.05, 0.1) is 21.8 Å². The number of nitrogens with zero attached hydrogens (tertiary/aromatic N) is 2. The molecule has 4 rings (SSSR count). The smallest absolute Gasteiger partial charge is 0.256 e. The zero-order valence-electron chi connectivity index (χ0n) is 14.5. The molecule has 1 amide bonds. The average molecular weight is 359 g/mol. The van der Waals surface area contributed by atoms with Crippen LogP contribution < -0.4 is 5.32 Å². The van der Waals surface area contributed by atoms with Gasteiger partial charge in [0.1, 0.15) is 0 Å². The summed E-state index contributed by atoms with van der Waals surface area (Å²) in [6, 6.07) is 17.3. The Balaban J connectivity index is 1.67. The molecule has 128 valence electrons. The summed E-state index contributed by atoms with van der Waals surface area (Å²) in [7, 11) is 0. The third kappa shape index (κ3) is 3.21. The van der Waals surface area contributed by atoms with Gasteiger partial charge in [-0.05, 0) is 38.1 Å². The van der Waals surface area contributed by atoms with E-state index in [0.717, 1.165) is 38.5 Å². The molecule has 0 fully saturated rings. The molecular weight excluding hydrogens is 342 g/mol. The van der Waals surface area contributed by atoms with Gasteiger partial charge in [-0.1, -0.05) is 30.3 Å². The number of carbonyl (C=O) groups excluding carboxylic acids is 1. The maximum atomic E-state index is 12.9. The summed E-state index contributed by atoms with van der Waals surface area (Å²) in [5.41, 5.74) is 4.93. The van der Waals surface area contributed by atoms with Crippen molar-refractivity contribution in [2.45, 2.75) is 13.8 Å². The molecule has 0 aliphatic heterocycles. The highest BCUT2D eigenvalue weighted by atomic mass is 32.1. The molecule has 0 radical (unpaired) electrons. The van der Waals surface area contributed by atoms with E-state index in [2.05, 4.69) is 15.3 Å². The van der Waals surface area contributed by atoms with Crippen LogP contribution in [0.3, 0.4) is 0 Å². The van der Waals surface area contributed by atoms with Crippen molar-refractivity contribution in [2.24, 2.45) is 0 Å². The quantitative estimate of drug-likeness (QED) is 0.545. The van der Waals surface area contributed by atoms with Gasteiger partial charge in [0, 0.05) is 27.7 Å². The van der Waals surface area contributed by atoms with Crippen LogP contribution in [0.15, 0.2) is 60.0 Å². The number of rotatable bonds is 3. The molecule has 0 aliphatic carbocycles. The Bertz CT molecular complexity index is 1120. The fraction of sp³-hybridized carbons (Fsp3) is 0.0952. The summed E-state index contributed by atoms with van der Waals surface area (Å²) in [5.74, 6) is -0.140. The normalized spacial score (nSPS) is 10.8. The maximum absolute atomic E-state index is 12.9. The lowest BCUT2D eigenvalue weighted by Gasteiger charge is -2.10. The van der Waals surface area contributed by atoms with Crippen LogP contribution in [-0.4, -0.2) is 15.9 Å². The Morgan fingerprint density at radius 3 is 2.65 bits per heavy atom. The Morgan fingerprint density at radius 2 is 1.85 bits per heavy atom. The fourth-order valence-corrected chi connectivity index (χ4v) is 3.57. The van der Waals surface area contributed by atoms with Crippen molar-refractivity contribution in [1.82, 2.24) is 9.97 Å². The SMILES string of the molecule is Cc1cc(C(=O)Nc2cccc(-c3csc(C)n3)c2)c2ccccc2n1. The Kier molecular flexibility index (Phi) is 4.22. The van der Waals surface area contributed by atoms with Gasteiger partial charge < -0.3 is 5.32 Å². The largest absolute Gasteiger partial charge is 0.322 e. The second-order valence-electron chi connectivity index (χ2n) is 6.12. The lowest BCUT2D eigenvalue weighted by Crippen LogP contribution is -2.13. The first-order valence-electron chi connectivity index (χ1n) is 8.30. The fourth-order valence-electron chi connectivity index (χ4n) is 2.95. The summed E-state index contributed by atoms with van der Waals surface area (Å²) in [6.45, 7) is 3.88. The van der Waals surface area contributed by atoms with Crippen molar-refractivity contribution in [1.29, 1.82) is 0 Å². The molecule has 26 heavy (non-hydrogen) atoms. The van der Waals surface area contributed by atoms with Gasteiger partial charge in [-0.3, -0.25) is 9.78 Å². The summed E-state index contributed by atoms with van der Waals surface area (Å²) >= 11 is 1.61. The third-order valence-corrected chi connectivity index (χ3v) is 4.90. The van der Waals surface area contributed by atoms with E-state index in [1.807, 2.05) is 73.8 Å². The van der Waals surface area contributed by atoms with Gasteiger partial charge in [0.25, 0.3) is 5.91 Å². The number of hydrogen-bond donors (Lipinski definition) is 1. The lowest BCUT2D eigenvalue weighted by molar-refractivity contribution is 0.102. The molecule has 0 aliphatic rings. The Hall–Kier alpha value is -3.05. The molecule has 0 atom stereocenters. The second-order valence-corrected chi connectivity index (χ2v) is 7.18. The monoisotopic (exact) mass is 359 g/mol. The summed E-state index contributed by atoms with van der Waals surface area (Å²) in [6.07, 6.45) is 0. The number of anilines is 1. The summed E-state index contributed by atoms with van der Waals surface area (Å²) in [5, 5.41) is 6.90. The molecule has 2 heterocycles. The maximum Gasteiger partial charge on any atom is 0.256 e. The average Bonchev–Trinajstić information content (AvgIpc) is 3.07. The van der Waals surface area contributed by atoms with Crippen LogP contribution in [0.25, 0.3) is 22.2 Å². The molecule has 2 aromatic carbocycles. The van der Waals surface area contributed by atoms with Crippen molar-refractivity contribution in [3.05, 3.63) is 76.2 Å². The van der Waals surface area contributed by atoms with Crippen molar-refractivity contribution in [2.75, 3.05) is 5.32 Å². The molecule has 0 saturated heterocycles. The molecule has 0 unspecified atom stereocenters. The number of aryl methyl sites for hydroxylation is 2. The molecular formula is C21H17N3OS.